The highest BCUT2D eigenvalue weighted by Crippen LogP contribution is 2.57. The molecule has 6 fully saturated rings. The number of benzene rings is 7. The van der Waals surface area contributed by atoms with E-state index in [0.29, 0.717) is 19.3 Å². The quantitative estimate of drug-likeness (QED) is 0.0365. The van der Waals surface area contributed by atoms with Gasteiger partial charge in [0, 0.05) is 13.7 Å². The summed E-state index contributed by atoms with van der Waals surface area (Å²) in [6.45, 7) is 36.4. The van der Waals surface area contributed by atoms with E-state index in [4.69, 9.17) is 56.8 Å². The number of methoxy groups -OCH3 is 1. The summed E-state index contributed by atoms with van der Waals surface area (Å²) in [7, 11) is 1.60. The molecule has 570 valence electrons. The van der Waals surface area contributed by atoms with Gasteiger partial charge in [0.15, 0.2) is 38.2 Å². The smallest absolute Gasteiger partial charge is 0.197 e. The molecule has 6 aliphatic carbocycles. The van der Waals surface area contributed by atoms with Crippen LogP contribution in [-0.2, 0) is 34.8 Å². The van der Waals surface area contributed by atoms with E-state index in [2.05, 4.69) is 51.6 Å². The van der Waals surface area contributed by atoms with Crippen molar-refractivity contribution in [2.75, 3.05) is 33.7 Å². The Kier molecular flexibility index (Phi) is 38.4. The first kappa shape index (κ1) is 84.8. The van der Waals surface area contributed by atoms with Gasteiger partial charge < -0.3 is 56.8 Å². The fourth-order valence-electron chi connectivity index (χ4n) is 14.5. The number of rotatable bonds is 33. The fourth-order valence-corrected chi connectivity index (χ4v) is 14.5. The van der Waals surface area contributed by atoms with Crippen LogP contribution >= 0.6 is 0 Å². The molecule has 4 bridgehead atoms. The van der Waals surface area contributed by atoms with E-state index in [1.165, 1.54) is 115 Å². The Labute approximate surface area is 636 Å². The summed E-state index contributed by atoms with van der Waals surface area (Å²) >= 11 is 0. The van der Waals surface area contributed by atoms with E-state index < -0.39 is 0 Å². The van der Waals surface area contributed by atoms with Crippen molar-refractivity contribution in [3.63, 3.8) is 0 Å². The predicted octanol–water partition coefficient (Wildman–Crippen LogP) is 24.2. The van der Waals surface area contributed by atoms with Crippen molar-refractivity contribution in [3.8, 4) is 34.5 Å². The SMILES string of the molecule is C=Cc1ccc(OC(C)OC23CC4CC(CC(C4)C2)C3)cc1.C=Cc1ccc(OC(C)OC2CCCCC2)cc1.C=Cc1ccc(OC(C)OCC)cc1.C=Cc1ccc(OC(C)OCCC2CCCCC2)cc1.C=Cc1ccc(OC(C)OCCc2ccccc2)cc1.C=Cc1ccc(OCOC)cc1. The molecular formula is C94H122O12. The Hall–Kier alpha value is -8.46. The topological polar surface area (TPSA) is 111 Å². The standard InChI is InChI=1S/C20H26O2.C18H26O2.C18H20O2.C16H22O2.C12H16O2.C10H12O2/c1-3-15-4-6-19(7-5-15)21-14(2)22-20-11-16-8-17(12-20)10-18(9-16)13-20;2*1-3-16-9-11-18(12-10-16)20-15(2)19-14-13-17-7-5-4-6-8-17;1-3-14-9-11-16(12-10-14)18-13(2)17-15-7-5-4-6-8-15;1-4-11-6-8-12(9-7-11)14-10(3)13-5-2;1-3-9-4-6-10(7-5-9)12-8-11-2/h3-7,14,16-18H,1,8-13H2,2H3;3,9-12,15,17H,1,4-8,13-14H2,2H3;3-12,15H,1,13-14H2,2H3;3,9-13,15H,1,4-8H2,2H3;4,6-10H,1,5H2,2-3H3;3-7H,1,8H2,2H3. The van der Waals surface area contributed by atoms with Crippen LogP contribution in [0.3, 0.4) is 0 Å². The van der Waals surface area contributed by atoms with Gasteiger partial charge in [-0.05, 0) is 241 Å². The molecule has 13 rings (SSSR count). The lowest BCUT2D eigenvalue weighted by molar-refractivity contribution is -0.225. The van der Waals surface area contributed by atoms with E-state index in [-0.39, 0.29) is 43.8 Å². The van der Waals surface area contributed by atoms with Gasteiger partial charge in [-0.25, -0.2) is 0 Å². The third-order valence-electron chi connectivity index (χ3n) is 19.5. The summed E-state index contributed by atoms with van der Waals surface area (Å²) in [5.74, 6) is 8.60. The third kappa shape index (κ3) is 32.3. The zero-order valence-corrected chi connectivity index (χ0v) is 64.7. The van der Waals surface area contributed by atoms with E-state index in [0.717, 1.165) is 105 Å². The van der Waals surface area contributed by atoms with E-state index in [1.54, 1.807) is 19.3 Å². The van der Waals surface area contributed by atoms with Crippen LogP contribution in [0, 0.1) is 23.7 Å². The number of hydrogen-bond acceptors (Lipinski definition) is 12. The summed E-state index contributed by atoms with van der Waals surface area (Å²) in [5, 5.41) is 0. The minimum atomic E-state index is -0.256. The maximum Gasteiger partial charge on any atom is 0.197 e. The second kappa shape index (κ2) is 48.0. The van der Waals surface area contributed by atoms with Crippen molar-refractivity contribution in [2.45, 2.75) is 200 Å². The molecule has 0 N–H and O–H groups in total. The summed E-state index contributed by atoms with van der Waals surface area (Å²) in [4.78, 5) is 0. The maximum absolute atomic E-state index is 6.47. The summed E-state index contributed by atoms with van der Waals surface area (Å²) < 4.78 is 67.7. The molecule has 0 aromatic heterocycles. The fraction of sp³-hybridized carbons (Fsp3) is 0.426. The molecule has 5 unspecified atom stereocenters. The largest absolute Gasteiger partial charge is 0.468 e. The van der Waals surface area contributed by atoms with Crippen molar-refractivity contribution in [3.05, 3.63) is 254 Å². The van der Waals surface area contributed by atoms with E-state index >= 15 is 0 Å². The van der Waals surface area contributed by atoms with Crippen molar-refractivity contribution in [1.82, 2.24) is 0 Å². The Balaban J connectivity index is 0.000000179. The summed E-state index contributed by atoms with van der Waals surface area (Å²) in [6.07, 6.45) is 33.6. The van der Waals surface area contributed by atoms with Gasteiger partial charge in [0.05, 0.1) is 24.9 Å². The normalized spacial score (nSPS) is 19.0. The zero-order valence-electron chi connectivity index (χ0n) is 64.7. The monoisotopic (exact) mass is 1440 g/mol. The van der Waals surface area contributed by atoms with Crippen molar-refractivity contribution >= 4 is 36.5 Å². The Morgan fingerprint density at radius 1 is 0.387 bits per heavy atom. The molecule has 0 heterocycles. The molecular weight excluding hydrogens is 1320 g/mol. The predicted molar refractivity (Wildman–Crippen MR) is 437 cm³/mol. The second-order valence-electron chi connectivity index (χ2n) is 28.0. The van der Waals surface area contributed by atoms with Crippen molar-refractivity contribution < 1.29 is 56.8 Å². The van der Waals surface area contributed by atoms with Crippen LogP contribution in [-0.4, -0.2) is 76.9 Å². The second-order valence-corrected chi connectivity index (χ2v) is 28.0. The third-order valence-corrected chi connectivity index (χ3v) is 19.5. The molecule has 0 radical (unpaired) electrons. The lowest BCUT2D eigenvalue weighted by atomic mass is 9.54. The Morgan fingerprint density at radius 2 is 0.726 bits per heavy atom. The van der Waals surface area contributed by atoms with Gasteiger partial charge in [0.1, 0.15) is 34.5 Å². The van der Waals surface area contributed by atoms with Gasteiger partial charge in [-0.15, -0.1) is 0 Å². The number of ether oxygens (including phenoxy) is 12. The van der Waals surface area contributed by atoms with Gasteiger partial charge in [0.25, 0.3) is 0 Å². The maximum atomic E-state index is 6.47. The molecule has 12 nitrogen and oxygen atoms in total. The average molecular weight is 1440 g/mol. The highest BCUT2D eigenvalue weighted by Gasteiger charge is 2.52. The highest BCUT2D eigenvalue weighted by atomic mass is 16.7. The molecule has 7 aromatic rings. The molecule has 0 saturated heterocycles. The van der Waals surface area contributed by atoms with Crippen LogP contribution in [0.2, 0.25) is 0 Å². The van der Waals surface area contributed by atoms with Gasteiger partial charge in [-0.3, -0.25) is 0 Å². The highest BCUT2D eigenvalue weighted by molar-refractivity contribution is 5.52. The lowest BCUT2D eigenvalue weighted by Crippen LogP contribution is -2.53. The van der Waals surface area contributed by atoms with Crippen LogP contribution in [0.25, 0.3) is 36.5 Å². The van der Waals surface area contributed by atoms with Gasteiger partial charge in [-0.1, -0.05) is 230 Å². The molecule has 12 heteroatoms. The summed E-state index contributed by atoms with van der Waals surface area (Å²) in [5.41, 5.74) is 7.94. The minimum absolute atomic E-state index is 0.106. The first-order chi connectivity index (χ1) is 51.6. The van der Waals surface area contributed by atoms with Gasteiger partial charge in [-0.2, -0.15) is 0 Å². The first-order valence-electron chi connectivity index (χ1n) is 38.6. The molecule has 0 amide bonds. The van der Waals surface area contributed by atoms with E-state index in [1.807, 2.05) is 230 Å². The van der Waals surface area contributed by atoms with Gasteiger partial charge in [0.2, 0.25) is 0 Å². The molecule has 6 aliphatic rings. The first-order valence-corrected chi connectivity index (χ1v) is 38.6. The van der Waals surface area contributed by atoms with Crippen LogP contribution in [0.15, 0.2) is 215 Å². The lowest BCUT2D eigenvalue weighted by Gasteiger charge is -2.56. The van der Waals surface area contributed by atoms with E-state index in [9.17, 15) is 0 Å². The summed E-state index contributed by atoms with van der Waals surface area (Å²) in [6, 6.07) is 57.3. The van der Waals surface area contributed by atoms with Gasteiger partial charge >= 0.3 is 0 Å². The molecule has 106 heavy (non-hydrogen) atoms. The molecule has 0 aliphatic heterocycles. The molecule has 7 aromatic carbocycles. The van der Waals surface area contributed by atoms with Crippen LogP contribution in [0.1, 0.15) is 190 Å². The molecule has 6 saturated carbocycles. The average Bonchev–Trinajstić information content (AvgIpc) is 0.750. The van der Waals surface area contributed by atoms with Crippen LogP contribution in [0.4, 0.5) is 0 Å². The van der Waals surface area contributed by atoms with Crippen LogP contribution in [0.5, 0.6) is 34.5 Å². The zero-order chi connectivity index (χ0) is 75.6. The Morgan fingerprint density at radius 3 is 1.09 bits per heavy atom. The van der Waals surface area contributed by atoms with Crippen LogP contribution < -0.4 is 28.4 Å². The Bertz CT molecular complexity index is 3510. The minimum Gasteiger partial charge on any atom is -0.468 e. The number of hydrogen-bond donors (Lipinski definition) is 0. The van der Waals surface area contributed by atoms with Crippen molar-refractivity contribution in [1.29, 1.82) is 0 Å². The van der Waals surface area contributed by atoms with Crippen molar-refractivity contribution in [2.24, 2.45) is 23.7 Å². The molecule has 5 atom stereocenters. The molecule has 0 spiro atoms.